The number of aryl methyl sites for hydroxylation is 1. The molecule has 2 amide bonds. The molecular formula is C19H18Cl2N2O2. The van der Waals surface area contributed by atoms with Crippen molar-refractivity contribution >= 4 is 40.7 Å². The molecule has 6 heteroatoms. The number of nitrogens with one attached hydrogen (secondary N) is 1. The largest absolute Gasteiger partial charge is 0.338 e. The minimum absolute atomic E-state index is 0.0112. The van der Waals surface area contributed by atoms with Crippen LogP contribution in [0.2, 0.25) is 10.0 Å². The number of likely N-dealkylation sites (tertiary alicyclic amines) is 1. The molecule has 1 aliphatic rings. The Morgan fingerprint density at radius 1 is 1.20 bits per heavy atom. The lowest BCUT2D eigenvalue weighted by atomic mass is 10.1. The molecule has 2 aromatic rings. The molecule has 3 rings (SSSR count). The highest BCUT2D eigenvalue weighted by Gasteiger charge is 2.34. The van der Waals surface area contributed by atoms with Gasteiger partial charge in [0.1, 0.15) is 0 Å². The maximum Gasteiger partial charge on any atom is 0.229 e. The number of carbonyl (C=O) groups is 2. The summed E-state index contributed by atoms with van der Waals surface area (Å²) in [6.07, 6.45) is 0.211. The Kier molecular flexibility index (Phi) is 5.30. The third kappa shape index (κ3) is 4.33. The van der Waals surface area contributed by atoms with Crippen LogP contribution >= 0.6 is 23.2 Å². The predicted molar refractivity (Wildman–Crippen MR) is 99.8 cm³/mol. The lowest BCUT2D eigenvalue weighted by Gasteiger charge is -2.17. The summed E-state index contributed by atoms with van der Waals surface area (Å²) >= 11 is 11.9. The topological polar surface area (TPSA) is 49.4 Å². The molecule has 1 atom stereocenters. The van der Waals surface area contributed by atoms with Gasteiger partial charge in [0.25, 0.3) is 0 Å². The molecule has 0 aromatic heterocycles. The van der Waals surface area contributed by atoms with E-state index in [1.807, 2.05) is 31.2 Å². The van der Waals surface area contributed by atoms with Crippen molar-refractivity contribution in [2.24, 2.45) is 5.92 Å². The van der Waals surface area contributed by atoms with E-state index in [4.69, 9.17) is 23.2 Å². The number of carbonyl (C=O) groups excluding carboxylic acids is 2. The van der Waals surface area contributed by atoms with Crippen LogP contribution in [0, 0.1) is 12.8 Å². The highest BCUT2D eigenvalue weighted by atomic mass is 35.5. The first-order valence-corrected chi connectivity index (χ1v) is 8.77. The highest BCUT2D eigenvalue weighted by molar-refractivity contribution is 6.36. The molecule has 1 heterocycles. The molecule has 1 aliphatic heterocycles. The Morgan fingerprint density at radius 3 is 2.60 bits per heavy atom. The highest BCUT2D eigenvalue weighted by Crippen LogP contribution is 2.27. The quantitative estimate of drug-likeness (QED) is 0.864. The van der Waals surface area contributed by atoms with Crippen LogP contribution in [0.5, 0.6) is 0 Å². The van der Waals surface area contributed by atoms with Gasteiger partial charge in [-0.15, -0.1) is 0 Å². The molecule has 1 N–H and O–H groups in total. The van der Waals surface area contributed by atoms with Gasteiger partial charge in [-0.05, 0) is 30.7 Å². The van der Waals surface area contributed by atoms with Crippen molar-refractivity contribution in [3.05, 3.63) is 63.6 Å². The SMILES string of the molecule is Cc1ccc(CN2C[C@H](C(=O)Nc3ccc(Cl)cc3Cl)CC2=O)cc1. The maximum absolute atomic E-state index is 12.5. The van der Waals surface area contributed by atoms with Crippen LogP contribution in [0.15, 0.2) is 42.5 Å². The van der Waals surface area contributed by atoms with Crippen molar-refractivity contribution in [2.75, 3.05) is 11.9 Å². The minimum atomic E-state index is -0.385. The molecule has 0 radical (unpaired) electrons. The fourth-order valence-corrected chi connectivity index (χ4v) is 3.30. The normalized spacial score (nSPS) is 17.0. The Labute approximate surface area is 156 Å². The molecule has 0 saturated carbocycles. The fourth-order valence-electron chi connectivity index (χ4n) is 2.84. The number of benzene rings is 2. The van der Waals surface area contributed by atoms with Crippen molar-refractivity contribution in [1.82, 2.24) is 4.90 Å². The number of anilines is 1. The number of hydrogen-bond donors (Lipinski definition) is 1. The molecule has 0 spiro atoms. The van der Waals surface area contributed by atoms with E-state index in [9.17, 15) is 9.59 Å². The molecule has 1 fully saturated rings. The Balaban J connectivity index is 1.63. The summed E-state index contributed by atoms with van der Waals surface area (Å²) < 4.78 is 0. The summed E-state index contributed by atoms with van der Waals surface area (Å²) in [6, 6.07) is 12.9. The summed E-state index contributed by atoms with van der Waals surface area (Å²) in [7, 11) is 0. The lowest BCUT2D eigenvalue weighted by molar-refractivity contribution is -0.128. The number of hydrogen-bond acceptors (Lipinski definition) is 2. The van der Waals surface area contributed by atoms with E-state index in [-0.39, 0.29) is 24.2 Å². The zero-order valence-corrected chi connectivity index (χ0v) is 15.3. The van der Waals surface area contributed by atoms with Gasteiger partial charge in [0.2, 0.25) is 11.8 Å². The van der Waals surface area contributed by atoms with Crippen LogP contribution in [-0.4, -0.2) is 23.3 Å². The number of amides is 2. The van der Waals surface area contributed by atoms with Gasteiger partial charge in [0.05, 0.1) is 16.6 Å². The zero-order chi connectivity index (χ0) is 18.0. The second-order valence-corrected chi connectivity index (χ2v) is 7.12. The first-order chi connectivity index (χ1) is 11.9. The molecule has 2 aromatic carbocycles. The molecule has 0 bridgehead atoms. The van der Waals surface area contributed by atoms with Crippen molar-refractivity contribution in [1.29, 1.82) is 0 Å². The molecular weight excluding hydrogens is 359 g/mol. The second kappa shape index (κ2) is 7.46. The van der Waals surface area contributed by atoms with Gasteiger partial charge >= 0.3 is 0 Å². The van der Waals surface area contributed by atoms with Crippen LogP contribution in [0.25, 0.3) is 0 Å². The average molecular weight is 377 g/mol. The van der Waals surface area contributed by atoms with Gasteiger partial charge in [-0.25, -0.2) is 0 Å². The van der Waals surface area contributed by atoms with E-state index in [1.54, 1.807) is 23.1 Å². The van der Waals surface area contributed by atoms with Crippen LogP contribution in [0.1, 0.15) is 17.5 Å². The van der Waals surface area contributed by atoms with Gasteiger partial charge < -0.3 is 10.2 Å². The second-order valence-electron chi connectivity index (χ2n) is 6.27. The Hall–Kier alpha value is -2.04. The van der Waals surface area contributed by atoms with Gasteiger partial charge in [-0.2, -0.15) is 0 Å². The van der Waals surface area contributed by atoms with Crippen LogP contribution < -0.4 is 5.32 Å². The maximum atomic E-state index is 12.5. The van der Waals surface area contributed by atoms with Crippen LogP contribution in [0.3, 0.4) is 0 Å². The van der Waals surface area contributed by atoms with Crippen molar-refractivity contribution < 1.29 is 9.59 Å². The van der Waals surface area contributed by atoms with Crippen LogP contribution in [0.4, 0.5) is 5.69 Å². The number of nitrogens with zero attached hydrogens (tertiary/aromatic N) is 1. The molecule has 25 heavy (non-hydrogen) atoms. The first kappa shape index (κ1) is 17.8. The predicted octanol–water partition coefficient (Wildman–Crippen LogP) is 4.29. The summed E-state index contributed by atoms with van der Waals surface area (Å²) in [5, 5.41) is 3.66. The Bertz CT molecular complexity index is 806. The number of halogens is 2. The van der Waals surface area contributed by atoms with Crippen molar-refractivity contribution in [3.63, 3.8) is 0 Å². The van der Waals surface area contributed by atoms with E-state index >= 15 is 0 Å². The third-order valence-corrected chi connectivity index (χ3v) is 4.82. The standard InChI is InChI=1S/C19H18Cl2N2O2/c1-12-2-4-13(5-3-12)10-23-11-14(8-18(23)24)19(25)22-17-7-6-15(20)9-16(17)21/h2-7,9,14H,8,10-11H2,1H3,(H,22,25)/t14-/m1/s1. The molecule has 130 valence electrons. The number of rotatable bonds is 4. The van der Waals surface area contributed by atoms with E-state index < -0.39 is 0 Å². The van der Waals surface area contributed by atoms with Crippen LogP contribution in [-0.2, 0) is 16.1 Å². The minimum Gasteiger partial charge on any atom is -0.338 e. The Morgan fingerprint density at radius 2 is 1.92 bits per heavy atom. The summed E-state index contributed by atoms with van der Waals surface area (Å²) in [5.41, 5.74) is 2.73. The molecule has 0 aliphatic carbocycles. The molecule has 1 saturated heterocycles. The lowest BCUT2D eigenvalue weighted by Crippen LogP contribution is -2.28. The molecule has 4 nitrogen and oxygen atoms in total. The monoisotopic (exact) mass is 376 g/mol. The van der Waals surface area contributed by atoms with E-state index in [0.717, 1.165) is 5.56 Å². The fraction of sp³-hybridized carbons (Fsp3) is 0.263. The summed E-state index contributed by atoms with van der Waals surface area (Å²) in [6.45, 7) is 2.95. The molecule has 0 unspecified atom stereocenters. The van der Waals surface area contributed by atoms with E-state index in [2.05, 4.69) is 5.32 Å². The zero-order valence-electron chi connectivity index (χ0n) is 13.8. The summed E-state index contributed by atoms with van der Waals surface area (Å²) in [4.78, 5) is 26.4. The third-order valence-electron chi connectivity index (χ3n) is 4.27. The van der Waals surface area contributed by atoms with Gasteiger partial charge in [-0.3, -0.25) is 9.59 Å². The average Bonchev–Trinajstić information content (AvgIpc) is 2.93. The van der Waals surface area contributed by atoms with E-state index in [0.29, 0.717) is 28.8 Å². The van der Waals surface area contributed by atoms with Gasteiger partial charge in [0.15, 0.2) is 0 Å². The van der Waals surface area contributed by atoms with Crippen molar-refractivity contribution in [2.45, 2.75) is 19.9 Å². The van der Waals surface area contributed by atoms with Gasteiger partial charge in [0, 0.05) is 24.5 Å². The van der Waals surface area contributed by atoms with Crippen molar-refractivity contribution in [3.8, 4) is 0 Å². The smallest absolute Gasteiger partial charge is 0.229 e. The summed E-state index contributed by atoms with van der Waals surface area (Å²) in [5.74, 6) is -0.600. The first-order valence-electron chi connectivity index (χ1n) is 8.01. The van der Waals surface area contributed by atoms with Gasteiger partial charge in [-0.1, -0.05) is 53.0 Å². The van der Waals surface area contributed by atoms with E-state index in [1.165, 1.54) is 5.56 Å².